The van der Waals surface area contributed by atoms with Crippen molar-refractivity contribution < 1.29 is 24.4 Å². The van der Waals surface area contributed by atoms with E-state index in [-0.39, 0.29) is 30.9 Å². The van der Waals surface area contributed by atoms with Gasteiger partial charge in [-0.15, -0.1) is 0 Å². The Morgan fingerprint density at radius 1 is 1.44 bits per heavy atom. The number of phenolic OH excluding ortho intramolecular Hbond substituents is 1. The Morgan fingerprint density at radius 3 is 3.00 bits per heavy atom. The lowest BCUT2D eigenvalue weighted by Crippen LogP contribution is -2.80. The third kappa shape index (κ3) is 1.50. The quantitative estimate of drug-likeness (QED) is 0.480. The number of carbonyl (C=O) groups is 1. The molecule has 1 saturated carbocycles. The van der Waals surface area contributed by atoms with Gasteiger partial charge in [-0.3, -0.25) is 4.79 Å². The summed E-state index contributed by atoms with van der Waals surface area (Å²) in [5.74, 6) is 0.265. The number of ether oxygens (including phenoxy) is 1. The smallest absolute Gasteiger partial charge is 0.174 e. The van der Waals surface area contributed by atoms with E-state index in [2.05, 4.69) is 6.58 Å². The van der Waals surface area contributed by atoms with Gasteiger partial charge in [-0.2, -0.15) is 0 Å². The highest BCUT2D eigenvalue weighted by Gasteiger charge is 2.75. The van der Waals surface area contributed by atoms with E-state index in [1.54, 1.807) is 18.2 Å². The van der Waals surface area contributed by atoms with Gasteiger partial charge in [-0.05, 0) is 24.1 Å². The molecule has 2 heterocycles. The van der Waals surface area contributed by atoms with Crippen molar-refractivity contribution in [3.8, 4) is 11.5 Å². The van der Waals surface area contributed by atoms with Crippen LogP contribution in [0.1, 0.15) is 30.4 Å². The first kappa shape index (κ1) is 15.4. The first-order chi connectivity index (χ1) is 11.9. The molecule has 2 N–H and O–H groups in total. The zero-order chi connectivity index (χ0) is 17.6. The van der Waals surface area contributed by atoms with Crippen LogP contribution in [0.15, 0.2) is 24.8 Å². The molecule has 1 saturated heterocycles. The molecule has 1 aromatic carbocycles. The van der Waals surface area contributed by atoms with E-state index in [0.29, 0.717) is 25.1 Å². The molecule has 5 rings (SSSR count). The molecule has 132 valence electrons. The van der Waals surface area contributed by atoms with Crippen molar-refractivity contribution in [2.45, 2.75) is 48.8 Å². The Hall–Kier alpha value is -1.89. The van der Waals surface area contributed by atoms with Gasteiger partial charge in [-0.1, -0.05) is 12.6 Å². The van der Waals surface area contributed by atoms with Gasteiger partial charge in [0.2, 0.25) is 0 Å². The van der Waals surface area contributed by atoms with Crippen LogP contribution in [0.25, 0.3) is 0 Å². The van der Waals surface area contributed by atoms with Crippen molar-refractivity contribution in [2.24, 2.45) is 0 Å². The third-order valence-electron chi connectivity index (χ3n) is 7.03. The number of benzene rings is 1. The van der Waals surface area contributed by atoms with Crippen LogP contribution in [0, 0.1) is 5.21 Å². The summed E-state index contributed by atoms with van der Waals surface area (Å²) < 4.78 is 5.41. The molecule has 2 aliphatic carbocycles. The summed E-state index contributed by atoms with van der Waals surface area (Å²) in [5.41, 5.74) is -0.557. The SMILES string of the molecule is C=CC[N+]1([O-])CCC23c4c5ccc(O)c4OC2C(=O)CCC3(O)C1C5. The second-order valence-corrected chi connectivity index (χ2v) is 7.92. The average Bonchev–Trinajstić information content (AvgIpc) is 2.93. The number of rotatable bonds is 2. The normalized spacial score (nSPS) is 43.4. The molecule has 6 heteroatoms. The molecule has 4 aliphatic rings. The molecule has 0 aromatic heterocycles. The zero-order valence-electron chi connectivity index (χ0n) is 13.9. The van der Waals surface area contributed by atoms with Gasteiger partial charge in [0.15, 0.2) is 23.4 Å². The van der Waals surface area contributed by atoms with Gasteiger partial charge >= 0.3 is 0 Å². The number of piperidine rings is 1. The summed E-state index contributed by atoms with van der Waals surface area (Å²) in [6, 6.07) is 2.80. The number of quaternary nitrogens is 1. The Kier molecular flexibility index (Phi) is 2.73. The standard InChI is InChI=1S/C19H21NO5/c1-2-8-20(24)9-7-18-15-11-3-4-12(21)16(15)25-17(18)13(22)5-6-19(18,23)14(20)10-11/h2-4,14,17,21,23H,1,5-10H2. The maximum Gasteiger partial charge on any atom is 0.174 e. The summed E-state index contributed by atoms with van der Waals surface area (Å²) in [4.78, 5) is 12.6. The number of likely N-dealkylation sites (tertiary alicyclic amines) is 1. The van der Waals surface area contributed by atoms with Gasteiger partial charge in [-0.25, -0.2) is 0 Å². The van der Waals surface area contributed by atoms with Crippen LogP contribution >= 0.6 is 0 Å². The summed E-state index contributed by atoms with van der Waals surface area (Å²) in [6.45, 7) is 4.26. The van der Waals surface area contributed by atoms with E-state index < -0.39 is 27.8 Å². The molecule has 0 radical (unpaired) electrons. The topological polar surface area (TPSA) is 89.8 Å². The molecule has 5 unspecified atom stereocenters. The number of hydroxylamine groups is 3. The molecule has 5 atom stereocenters. The number of Topliss-reactive ketones (excluding diaryl/α,β-unsaturated/α-hetero) is 1. The second kappa shape index (κ2) is 4.44. The molecule has 1 spiro atoms. The summed E-state index contributed by atoms with van der Waals surface area (Å²) >= 11 is 0. The van der Waals surface area contributed by atoms with E-state index in [4.69, 9.17) is 4.74 Å². The Bertz CT molecular complexity index is 822. The van der Waals surface area contributed by atoms with Crippen LogP contribution in [0.3, 0.4) is 0 Å². The van der Waals surface area contributed by atoms with Crippen LogP contribution in [-0.4, -0.2) is 51.5 Å². The van der Waals surface area contributed by atoms with E-state index in [1.165, 1.54) is 0 Å². The number of phenols is 1. The molecule has 25 heavy (non-hydrogen) atoms. The lowest BCUT2D eigenvalue weighted by Gasteiger charge is -2.66. The number of nitrogens with zero attached hydrogens (tertiary/aromatic N) is 1. The summed E-state index contributed by atoms with van der Waals surface area (Å²) in [7, 11) is 0. The van der Waals surface area contributed by atoms with Crippen LogP contribution < -0.4 is 4.74 Å². The highest BCUT2D eigenvalue weighted by atomic mass is 16.6. The predicted molar refractivity (Wildman–Crippen MR) is 89.1 cm³/mol. The van der Waals surface area contributed by atoms with E-state index in [1.807, 2.05) is 0 Å². The maximum absolute atomic E-state index is 13.5. The molecule has 2 bridgehead atoms. The first-order valence-electron chi connectivity index (χ1n) is 8.83. The highest BCUT2D eigenvalue weighted by molar-refractivity contribution is 5.90. The number of hydrogen-bond acceptors (Lipinski definition) is 5. The zero-order valence-corrected chi connectivity index (χ0v) is 13.9. The van der Waals surface area contributed by atoms with Gasteiger partial charge in [0.25, 0.3) is 0 Å². The van der Waals surface area contributed by atoms with Crippen molar-refractivity contribution in [1.29, 1.82) is 0 Å². The van der Waals surface area contributed by atoms with Crippen LogP contribution in [0.2, 0.25) is 0 Å². The fraction of sp³-hybridized carbons (Fsp3) is 0.526. The molecule has 1 aromatic rings. The average molecular weight is 343 g/mol. The van der Waals surface area contributed by atoms with Gasteiger partial charge in [0.05, 0.1) is 18.5 Å². The van der Waals surface area contributed by atoms with Crippen molar-refractivity contribution in [2.75, 3.05) is 13.1 Å². The molecule has 2 fully saturated rings. The minimum absolute atomic E-state index is 0.00401. The Labute approximate surface area is 145 Å². The van der Waals surface area contributed by atoms with Gasteiger partial charge in [0.1, 0.15) is 11.6 Å². The van der Waals surface area contributed by atoms with Crippen molar-refractivity contribution >= 4 is 5.78 Å². The van der Waals surface area contributed by atoms with Crippen LogP contribution in [0.4, 0.5) is 0 Å². The second-order valence-electron chi connectivity index (χ2n) is 7.92. The number of carbonyl (C=O) groups excluding carboxylic acids is 1. The summed E-state index contributed by atoms with van der Waals surface area (Å²) in [6.07, 6.45) is 2.05. The lowest BCUT2D eigenvalue weighted by molar-refractivity contribution is -0.917. The first-order valence-corrected chi connectivity index (χ1v) is 8.83. The molecule has 0 amide bonds. The minimum Gasteiger partial charge on any atom is -0.632 e. The number of aromatic hydroxyl groups is 1. The largest absolute Gasteiger partial charge is 0.632 e. The maximum atomic E-state index is 13.5. The predicted octanol–water partition coefficient (Wildman–Crippen LogP) is 1.31. The Morgan fingerprint density at radius 2 is 2.24 bits per heavy atom. The fourth-order valence-corrected chi connectivity index (χ4v) is 6.02. The number of ketones is 1. The molecular weight excluding hydrogens is 322 g/mol. The van der Waals surface area contributed by atoms with E-state index in [9.17, 15) is 20.2 Å². The third-order valence-corrected chi connectivity index (χ3v) is 7.03. The molecule has 6 nitrogen and oxygen atoms in total. The van der Waals surface area contributed by atoms with Crippen LogP contribution in [-0.2, 0) is 16.6 Å². The van der Waals surface area contributed by atoms with Crippen molar-refractivity contribution in [3.05, 3.63) is 41.1 Å². The summed E-state index contributed by atoms with van der Waals surface area (Å²) in [5, 5.41) is 35.6. The van der Waals surface area contributed by atoms with Crippen LogP contribution in [0.5, 0.6) is 11.5 Å². The van der Waals surface area contributed by atoms with E-state index >= 15 is 0 Å². The van der Waals surface area contributed by atoms with Gasteiger partial charge in [0, 0.05) is 24.8 Å². The molecular formula is C19H21NO5. The minimum atomic E-state index is -1.30. The molecule has 2 aliphatic heterocycles. The van der Waals surface area contributed by atoms with Crippen molar-refractivity contribution in [3.63, 3.8) is 0 Å². The Balaban J connectivity index is 1.82. The van der Waals surface area contributed by atoms with Crippen molar-refractivity contribution in [1.82, 2.24) is 0 Å². The van der Waals surface area contributed by atoms with E-state index in [0.717, 1.165) is 11.1 Å². The van der Waals surface area contributed by atoms with Gasteiger partial charge < -0.3 is 24.8 Å². The monoisotopic (exact) mass is 343 g/mol. The number of aliphatic hydroxyl groups is 1. The number of hydrogen-bond donors (Lipinski definition) is 2. The lowest BCUT2D eigenvalue weighted by atomic mass is 9.49. The fourth-order valence-electron chi connectivity index (χ4n) is 6.02. The highest BCUT2D eigenvalue weighted by Crippen LogP contribution is 2.65.